The standard InChI is InChI=1S/C9H11Br2NO/c1-5(13)9(12)8-6(10)3-2-4-7(8)11/h2-5,9,13H,12H2,1H3/t5-,9-/m0/s1. The molecule has 0 aliphatic rings. The Kier molecular flexibility index (Phi) is 3.91. The van der Waals surface area contributed by atoms with E-state index in [0.29, 0.717) is 0 Å². The molecule has 3 N–H and O–H groups in total. The average Bonchev–Trinajstić information content (AvgIpc) is 2.03. The third-order valence-corrected chi connectivity index (χ3v) is 3.24. The van der Waals surface area contributed by atoms with Crippen molar-refractivity contribution in [2.45, 2.75) is 19.1 Å². The van der Waals surface area contributed by atoms with Gasteiger partial charge in [-0.05, 0) is 24.6 Å². The second-order valence-corrected chi connectivity index (χ2v) is 4.61. The van der Waals surface area contributed by atoms with Crippen LogP contribution in [0.15, 0.2) is 27.1 Å². The summed E-state index contributed by atoms with van der Waals surface area (Å²) in [5.41, 5.74) is 6.73. The van der Waals surface area contributed by atoms with Crippen LogP contribution >= 0.6 is 31.9 Å². The van der Waals surface area contributed by atoms with Crippen LogP contribution in [-0.2, 0) is 0 Å². The van der Waals surface area contributed by atoms with Gasteiger partial charge in [0.05, 0.1) is 12.1 Å². The molecule has 2 nitrogen and oxygen atoms in total. The van der Waals surface area contributed by atoms with Gasteiger partial charge in [0.1, 0.15) is 0 Å². The molecule has 1 aromatic carbocycles. The molecule has 0 radical (unpaired) electrons. The third kappa shape index (κ3) is 2.53. The molecule has 1 aromatic rings. The largest absolute Gasteiger partial charge is 0.391 e. The Labute approximate surface area is 94.4 Å². The zero-order chi connectivity index (χ0) is 10.0. The SMILES string of the molecule is C[C@H](O)[C@H](N)c1c(Br)cccc1Br. The van der Waals surface area contributed by atoms with E-state index in [1.807, 2.05) is 18.2 Å². The van der Waals surface area contributed by atoms with Crippen LogP contribution < -0.4 is 5.73 Å². The number of halogens is 2. The molecule has 0 saturated carbocycles. The van der Waals surface area contributed by atoms with Gasteiger partial charge in [0.2, 0.25) is 0 Å². The van der Waals surface area contributed by atoms with E-state index in [1.165, 1.54) is 0 Å². The Hall–Kier alpha value is 0.1000. The lowest BCUT2D eigenvalue weighted by Gasteiger charge is -2.18. The topological polar surface area (TPSA) is 46.2 Å². The van der Waals surface area contributed by atoms with E-state index >= 15 is 0 Å². The van der Waals surface area contributed by atoms with Crippen LogP contribution in [0.3, 0.4) is 0 Å². The Morgan fingerprint density at radius 2 is 1.77 bits per heavy atom. The fourth-order valence-electron chi connectivity index (χ4n) is 1.07. The van der Waals surface area contributed by atoms with Gasteiger partial charge in [-0.2, -0.15) is 0 Å². The molecule has 72 valence electrons. The molecule has 0 spiro atoms. The highest BCUT2D eigenvalue weighted by Crippen LogP contribution is 2.30. The number of nitrogens with two attached hydrogens (primary N) is 1. The molecule has 2 atom stereocenters. The lowest BCUT2D eigenvalue weighted by molar-refractivity contribution is 0.163. The number of aliphatic hydroxyl groups excluding tert-OH is 1. The number of benzene rings is 1. The van der Waals surface area contributed by atoms with Gasteiger partial charge in [0.15, 0.2) is 0 Å². The first-order valence-corrected chi connectivity index (χ1v) is 5.50. The van der Waals surface area contributed by atoms with Gasteiger partial charge < -0.3 is 10.8 Å². The third-order valence-electron chi connectivity index (χ3n) is 1.85. The Morgan fingerprint density at radius 1 is 1.31 bits per heavy atom. The summed E-state index contributed by atoms with van der Waals surface area (Å²) in [4.78, 5) is 0. The minimum atomic E-state index is -0.560. The van der Waals surface area contributed by atoms with Gasteiger partial charge in [-0.25, -0.2) is 0 Å². The lowest BCUT2D eigenvalue weighted by Crippen LogP contribution is -2.23. The minimum absolute atomic E-state index is 0.370. The van der Waals surface area contributed by atoms with Crippen molar-refractivity contribution in [3.63, 3.8) is 0 Å². The number of aliphatic hydroxyl groups is 1. The molecule has 13 heavy (non-hydrogen) atoms. The quantitative estimate of drug-likeness (QED) is 0.882. The molecule has 0 amide bonds. The van der Waals surface area contributed by atoms with E-state index in [0.717, 1.165) is 14.5 Å². The fourth-order valence-corrected chi connectivity index (χ4v) is 2.60. The summed E-state index contributed by atoms with van der Waals surface area (Å²) in [6.45, 7) is 1.68. The van der Waals surface area contributed by atoms with Crippen molar-refractivity contribution < 1.29 is 5.11 Å². The number of hydrogen-bond acceptors (Lipinski definition) is 2. The Morgan fingerprint density at radius 3 is 2.15 bits per heavy atom. The Balaban J connectivity index is 3.12. The van der Waals surface area contributed by atoms with Crippen LogP contribution in [0, 0.1) is 0 Å². The summed E-state index contributed by atoms with van der Waals surface area (Å²) in [5, 5.41) is 9.36. The number of hydrogen-bond donors (Lipinski definition) is 2. The minimum Gasteiger partial charge on any atom is -0.391 e. The van der Waals surface area contributed by atoms with Crippen molar-refractivity contribution in [3.8, 4) is 0 Å². The van der Waals surface area contributed by atoms with E-state index in [4.69, 9.17) is 5.73 Å². The second-order valence-electron chi connectivity index (χ2n) is 2.90. The van der Waals surface area contributed by atoms with E-state index in [1.54, 1.807) is 6.92 Å². The molecule has 0 aromatic heterocycles. The van der Waals surface area contributed by atoms with E-state index in [2.05, 4.69) is 31.9 Å². The molecule has 0 aliphatic heterocycles. The predicted octanol–water partition coefficient (Wildman–Crippen LogP) is 2.59. The van der Waals surface area contributed by atoms with Gasteiger partial charge in [0, 0.05) is 8.95 Å². The van der Waals surface area contributed by atoms with Crippen molar-refractivity contribution in [3.05, 3.63) is 32.7 Å². The molecular formula is C9H11Br2NO. The van der Waals surface area contributed by atoms with E-state index < -0.39 is 6.10 Å². The van der Waals surface area contributed by atoms with Gasteiger partial charge in [0.25, 0.3) is 0 Å². The molecule has 4 heteroatoms. The molecule has 0 unspecified atom stereocenters. The summed E-state index contributed by atoms with van der Waals surface area (Å²) < 4.78 is 1.82. The number of rotatable bonds is 2. The van der Waals surface area contributed by atoms with Gasteiger partial charge in [-0.1, -0.05) is 37.9 Å². The summed E-state index contributed by atoms with van der Waals surface area (Å²) in [7, 11) is 0. The highest BCUT2D eigenvalue weighted by Gasteiger charge is 2.17. The summed E-state index contributed by atoms with van der Waals surface area (Å²) in [6.07, 6.45) is -0.560. The van der Waals surface area contributed by atoms with E-state index in [-0.39, 0.29) is 6.04 Å². The molecule has 1 rings (SSSR count). The van der Waals surface area contributed by atoms with Crippen LogP contribution in [0.5, 0.6) is 0 Å². The van der Waals surface area contributed by atoms with Gasteiger partial charge in [-0.3, -0.25) is 0 Å². The maximum Gasteiger partial charge on any atom is 0.0705 e. The van der Waals surface area contributed by atoms with Crippen molar-refractivity contribution in [1.29, 1.82) is 0 Å². The monoisotopic (exact) mass is 307 g/mol. The molecular weight excluding hydrogens is 298 g/mol. The van der Waals surface area contributed by atoms with Crippen molar-refractivity contribution >= 4 is 31.9 Å². The van der Waals surface area contributed by atoms with Crippen LogP contribution in [0.2, 0.25) is 0 Å². The highest BCUT2D eigenvalue weighted by molar-refractivity contribution is 9.11. The highest BCUT2D eigenvalue weighted by atomic mass is 79.9. The normalized spacial score (nSPS) is 15.5. The van der Waals surface area contributed by atoms with Crippen LogP contribution in [0.4, 0.5) is 0 Å². The molecule has 0 bridgehead atoms. The van der Waals surface area contributed by atoms with Crippen LogP contribution in [-0.4, -0.2) is 11.2 Å². The first kappa shape index (κ1) is 11.2. The molecule has 0 heterocycles. The predicted molar refractivity (Wildman–Crippen MR) is 60.5 cm³/mol. The molecule has 0 aliphatic carbocycles. The molecule has 0 fully saturated rings. The van der Waals surface area contributed by atoms with Crippen molar-refractivity contribution in [2.75, 3.05) is 0 Å². The van der Waals surface area contributed by atoms with Crippen LogP contribution in [0.1, 0.15) is 18.5 Å². The lowest BCUT2D eigenvalue weighted by atomic mass is 10.0. The first-order chi connectivity index (χ1) is 6.04. The maximum atomic E-state index is 9.36. The van der Waals surface area contributed by atoms with Crippen molar-refractivity contribution in [2.24, 2.45) is 5.73 Å². The van der Waals surface area contributed by atoms with Gasteiger partial charge >= 0.3 is 0 Å². The summed E-state index contributed by atoms with van der Waals surface area (Å²) in [6, 6.07) is 5.35. The van der Waals surface area contributed by atoms with E-state index in [9.17, 15) is 5.11 Å². The summed E-state index contributed by atoms with van der Waals surface area (Å²) in [5.74, 6) is 0. The maximum absolute atomic E-state index is 9.36. The van der Waals surface area contributed by atoms with Gasteiger partial charge in [-0.15, -0.1) is 0 Å². The Bertz CT molecular complexity index is 281. The molecule has 0 saturated heterocycles. The second kappa shape index (κ2) is 4.55. The summed E-state index contributed by atoms with van der Waals surface area (Å²) >= 11 is 6.79. The van der Waals surface area contributed by atoms with Crippen LogP contribution in [0.25, 0.3) is 0 Å². The van der Waals surface area contributed by atoms with Crippen molar-refractivity contribution in [1.82, 2.24) is 0 Å². The zero-order valence-corrected chi connectivity index (χ0v) is 10.3. The zero-order valence-electron chi connectivity index (χ0n) is 7.17. The smallest absolute Gasteiger partial charge is 0.0705 e. The average molecular weight is 309 g/mol. The fraction of sp³-hybridized carbons (Fsp3) is 0.333. The first-order valence-electron chi connectivity index (χ1n) is 3.91.